The Bertz CT molecular complexity index is 1050. The van der Waals surface area contributed by atoms with Crippen LogP contribution in [0.15, 0.2) is 47.0 Å². The molecule has 1 aromatic heterocycles. The molecule has 0 bridgehead atoms. The fourth-order valence-electron chi connectivity index (χ4n) is 3.75. The largest absolute Gasteiger partial charge is 0.481 e. The Labute approximate surface area is 180 Å². The molecule has 0 saturated heterocycles. The first-order chi connectivity index (χ1) is 14.5. The van der Waals surface area contributed by atoms with Crippen molar-refractivity contribution in [3.63, 3.8) is 0 Å². The van der Waals surface area contributed by atoms with Gasteiger partial charge in [0.2, 0.25) is 11.7 Å². The van der Waals surface area contributed by atoms with Gasteiger partial charge in [0, 0.05) is 17.6 Å². The smallest absolute Gasteiger partial charge is 0.263 e. The third kappa shape index (κ3) is 4.49. The van der Waals surface area contributed by atoms with Crippen molar-refractivity contribution in [2.45, 2.75) is 45.3 Å². The summed E-state index contributed by atoms with van der Waals surface area (Å²) >= 11 is 6.02. The molecule has 2 aromatic carbocycles. The maximum atomic E-state index is 12.8. The lowest BCUT2D eigenvalue weighted by Crippen LogP contribution is -2.37. The average Bonchev–Trinajstić information content (AvgIpc) is 3.22. The van der Waals surface area contributed by atoms with E-state index in [2.05, 4.69) is 16.2 Å². The Morgan fingerprint density at radius 1 is 1.23 bits per heavy atom. The zero-order chi connectivity index (χ0) is 21.1. The molecule has 0 saturated carbocycles. The number of ether oxygens (including phenoxy) is 1. The molecular formula is C23H24ClN3O3. The molecule has 0 N–H and O–H groups in total. The van der Waals surface area contributed by atoms with Crippen LogP contribution >= 0.6 is 11.6 Å². The Hall–Kier alpha value is -2.86. The van der Waals surface area contributed by atoms with E-state index >= 15 is 0 Å². The van der Waals surface area contributed by atoms with Crippen LogP contribution in [0.5, 0.6) is 5.75 Å². The summed E-state index contributed by atoms with van der Waals surface area (Å²) in [5.41, 5.74) is 3.32. The van der Waals surface area contributed by atoms with Gasteiger partial charge in [0.1, 0.15) is 5.75 Å². The predicted octanol–water partition coefficient (Wildman–Crippen LogP) is 4.69. The minimum absolute atomic E-state index is 0.147. The molecule has 0 aliphatic heterocycles. The zero-order valence-electron chi connectivity index (χ0n) is 17.1. The highest BCUT2D eigenvalue weighted by Gasteiger charge is 2.23. The number of rotatable bonds is 6. The lowest BCUT2D eigenvalue weighted by Gasteiger charge is -2.24. The highest BCUT2D eigenvalue weighted by molar-refractivity contribution is 6.30. The molecule has 4 rings (SSSR count). The molecule has 1 amide bonds. The van der Waals surface area contributed by atoms with Crippen molar-refractivity contribution in [3.05, 3.63) is 64.5 Å². The van der Waals surface area contributed by atoms with Crippen molar-refractivity contribution in [2.75, 3.05) is 7.05 Å². The molecule has 1 aliphatic rings. The molecule has 156 valence electrons. The first kappa shape index (κ1) is 20.4. The van der Waals surface area contributed by atoms with Crippen LogP contribution < -0.4 is 4.74 Å². The second-order valence-electron chi connectivity index (χ2n) is 7.58. The normalized spacial score (nSPS) is 14.1. The van der Waals surface area contributed by atoms with E-state index in [-0.39, 0.29) is 12.5 Å². The van der Waals surface area contributed by atoms with E-state index in [9.17, 15) is 4.79 Å². The van der Waals surface area contributed by atoms with Gasteiger partial charge in [0.15, 0.2) is 6.10 Å². The van der Waals surface area contributed by atoms with E-state index < -0.39 is 6.10 Å². The number of halogens is 1. The van der Waals surface area contributed by atoms with Gasteiger partial charge in [-0.1, -0.05) is 41.0 Å². The number of carbonyl (C=O) groups excluding carboxylic acids is 1. The van der Waals surface area contributed by atoms with Crippen LogP contribution in [0.1, 0.15) is 36.8 Å². The Morgan fingerprint density at radius 3 is 2.87 bits per heavy atom. The molecule has 3 aromatic rings. The van der Waals surface area contributed by atoms with E-state index in [1.165, 1.54) is 22.4 Å². The minimum atomic E-state index is -0.612. The van der Waals surface area contributed by atoms with E-state index in [0.717, 1.165) is 30.6 Å². The molecule has 1 atom stereocenters. The van der Waals surface area contributed by atoms with Gasteiger partial charge in [-0.25, -0.2) is 0 Å². The highest BCUT2D eigenvalue weighted by atomic mass is 35.5. The van der Waals surface area contributed by atoms with Gasteiger partial charge in [-0.15, -0.1) is 0 Å². The molecule has 1 aliphatic carbocycles. The van der Waals surface area contributed by atoms with Crippen molar-refractivity contribution < 1.29 is 14.1 Å². The number of hydrogen-bond acceptors (Lipinski definition) is 5. The zero-order valence-corrected chi connectivity index (χ0v) is 17.9. The number of likely N-dealkylation sites (N-methyl/N-ethyl adjacent to an activating group) is 1. The topological polar surface area (TPSA) is 68.5 Å². The highest BCUT2D eigenvalue weighted by Crippen LogP contribution is 2.30. The number of aromatic nitrogens is 2. The van der Waals surface area contributed by atoms with Gasteiger partial charge in [0.05, 0.1) is 6.54 Å². The van der Waals surface area contributed by atoms with E-state index in [0.29, 0.717) is 16.7 Å². The van der Waals surface area contributed by atoms with Crippen LogP contribution in [0.4, 0.5) is 0 Å². The number of aryl methyl sites for hydroxylation is 1. The molecule has 30 heavy (non-hydrogen) atoms. The fraction of sp³-hybridized carbons (Fsp3) is 0.348. The van der Waals surface area contributed by atoms with Gasteiger partial charge < -0.3 is 14.2 Å². The first-order valence-corrected chi connectivity index (χ1v) is 10.5. The molecule has 0 radical (unpaired) electrons. The van der Waals surface area contributed by atoms with Crippen molar-refractivity contribution >= 4 is 17.5 Å². The summed E-state index contributed by atoms with van der Waals surface area (Å²) in [7, 11) is 1.70. The monoisotopic (exact) mass is 425 g/mol. The van der Waals surface area contributed by atoms with Gasteiger partial charge >= 0.3 is 0 Å². The van der Waals surface area contributed by atoms with E-state index in [4.69, 9.17) is 20.9 Å². The predicted molar refractivity (Wildman–Crippen MR) is 114 cm³/mol. The Balaban J connectivity index is 1.40. The van der Waals surface area contributed by atoms with Crippen LogP contribution in [0, 0.1) is 0 Å². The van der Waals surface area contributed by atoms with Crippen LogP contribution in [0.3, 0.4) is 0 Å². The second kappa shape index (κ2) is 8.88. The van der Waals surface area contributed by atoms with Crippen LogP contribution in [0.25, 0.3) is 11.4 Å². The van der Waals surface area contributed by atoms with Gasteiger partial charge in [-0.05, 0) is 61.9 Å². The number of benzene rings is 2. The van der Waals surface area contributed by atoms with E-state index in [1.54, 1.807) is 26.1 Å². The van der Waals surface area contributed by atoms with E-state index in [1.807, 2.05) is 24.3 Å². The Kier molecular flexibility index (Phi) is 6.04. The molecule has 1 heterocycles. The minimum Gasteiger partial charge on any atom is -0.481 e. The van der Waals surface area contributed by atoms with Gasteiger partial charge in [0.25, 0.3) is 5.91 Å². The quantitative estimate of drug-likeness (QED) is 0.572. The number of nitrogens with zero attached hydrogens (tertiary/aromatic N) is 3. The summed E-state index contributed by atoms with van der Waals surface area (Å²) < 4.78 is 11.4. The fourth-order valence-corrected chi connectivity index (χ4v) is 3.94. The number of amides is 1. The second-order valence-corrected chi connectivity index (χ2v) is 8.01. The number of carbonyl (C=O) groups is 1. The lowest BCUT2D eigenvalue weighted by atomic mass is 9.91. The maximum Gasteiger partial charge on any atom is 0.263 e. The van der Waals surface area contributed by atoms with Crippen LogP contribution in [-0.4, -0.2) is 34.1 Å². The third-order valence-electron chi connectivity index (χ3n) is 5.30. The number of hydrogen-bond donors (Lipinski definition) is 0. The maximum absolute atomic E-state index is 12.8. The lowest BCUT2D eigenvalue weighted by molar-refractivity contribution is -0.137. The average molecular weight is 426 g/mol. The molecule has 0 spiro atoms. The van der Waals surface area contributed by atoms with Crippen molar-refractivity contribution in [3.8, 4) is 17.1 Å². The van der Waals surface area contributed by atoms with Crippen molar-refractivity contribution in [1.82, 2.24) is 15.0 Å². The summed E-state index contributed by atoms with van der Waals surface area (Å²) in [5, 5.41) is 4.58. The summed E-state index contributed by atoms with van der Waals surface area (Å²) in [5.74, 6) is 1.45. The molecule has 7 heteroatoms. The van der Waals surface area contributed by atoms with Crippen LogP contribution in [0.2, 0.25) is 5.02 Å². The first-order valence-electron chi connectivity index (χ1n) is 10.1. The van der Waals surface area contributed by atoms with Crippen molar-refractivity contribution in [2.24, 2.45) is 0 Å². The summed E-state index contributed by atoms with van der Waals surface area (Å²) in [6.07, 6.45) is 3.81. The van der Waals surface area contributed by atoms with Gasteiger partial charge in [-0.3, -0.25) is 4.79 Å². The molecule has 6 nitrogen and oxygen atoms in total. The standard InChI is InChI=1S/C23H24ClN3O3/c1-15(29-20-12-6-8-16-7-3-4-11-19(16)20)23(28)27(2)14-21-25-22(26-30-21)17-9-5-10-18(24)13-17/h5-6,8-10,12-13,15H,3-4,7,11,14H2,1-2H3/t15-/m0/s1. The SMILES string of the molecule is C[C@H](Oc1cccc2c1CCCC2)C(=O)N(C)Cc1nc(-c2cccc(Cl)c2)no1. The Morgan fingerprint density at radius 2 is 2.03 bits per heavy atom. The summed E-state index contributed by atoms with van der Waals surface area (Å²) in [4.78, 5) is 18.7. The molecular weight excluding hydrogens is 402 g/mol. The third-order valence-corrected chi connectivity index (χ3v) is 5.54. The molecule has 0 fully saturated rings. The summed E-state index contributed by atoms with van der Waals surface area (Å²) in [6, 6.07) is 13.3. The molecule has 0 unspecified atom stereocenters. The van der Waals surface area contributed by atoms with Crippen LogP contribution in [-0.2, 0) is 24.2 Å². The van der Waals surface area contributed by atoms with Gasteiger partial charge in [-0.2, -0.15) is 4.98 Å². The van der Waals surface area contributed by atoms with Crippen molar-refractivity contribution in [1.29, 1.82) is 0 Å². The summed E-state index contributed by atoms with van der Waals surface area (Å²) in [6.45, 7) is 1.97. The number of fused-ring (bicyclic) bond motifs is 1.